The number of nitrogens with zero attached hydrogens (tertiary/aromatic N) is 1. The lowest BCUT2D eigenvalue weighted by Crippen LogP contribution is -2.33. The van der Waals surface area contributed by atoms with Crippen molar-refractivity contribution >= 4 is 23.1 Å². The summed E-state index contributed by atoms with van der Waals surface area (Å²) in [5.41, 5.74) is 3.27. The lowest BCUT2D eigenvalue weighted by atomic mass is 10.0. The number of carbonyl (C=O) groups is 2. The molecule has 0 spiro atoms. The molecular formula is C22H24N2O3. The maximum Gasteiger partial charge on any atom is 0.278 e. The Morgan fingerprint density at radius 2 is 1.74 bits per heavy atom. The van der Waals surface area contributed by atoms with Gasteiger partial charge in [0, 0.05) is 18.3 Å². The highest BCUT2D eigenvalue weighted by atomic mass is 16.5. The van der Waals surface area contributed by atoms with Gasteiger partial charge in [-0.15, -0.1) is 0 Å². The van der Waals surface area contributed by atoms with Gasteiger partial charge >= 0.3 is 0 Å². The summed E-state index contributed by atoms with van der Waals surface area (Å²) in [7, 11) is 0. The first kappa shape index (κ1) is 18.7. The Labute approximate surface area is 159 Å². The Balaban J connectivity index is 2.02. The molecule has 0 bridgehead atoms. The third-order valence-corrected chi connectivity index (χ3v) is 4.37. The molecule has 5 heteroatoms. The molecule has 0 saturated heterocycles. The van der Waals surface area contributed by atoms with Gasteiger partial charge in [0.25, 0.3) is 11.8 Å². The molecule has 2 amide bonds. The molecule has 0 unspecified atom stereocenters. The van der Waals surface area contributed by atoms with Crippen LogP contribution < -0.4 is 10.1 Å². The second-order valence-electron chi connectivity index (χ2n) is 6.46. The zero-order valence-corrected chi connectivity index (χ0v) is 15.9. The average Bonchev–Trinajstić information content (AvgIpc) is 2.88. The summed E-state index contributed by atoms with van der Waals surface area (Å²) >= 11 is 0. The Kier molecular flexibility index (Phi) is 5.60. The van der Waals surface area contributed by atoms with E-state index in [0.29, 0.717) is 42.3 Å². The van der Waals surface area contributed by atoms with Crippen molar-refractivity contribution in [2.24, 2.45) is 0 Å². The second kappa shape index (κ2) is 8.08. The molecule has 0 aliphatic carbocycles. The first-order chi connectivity index (χ1) is 13.0. The number of nitrogens with one attached hydrogen (secondary N) is 1. The molecule has 2 aromatic rings. The molecule has 5 nitrogen and oxygen atoms in total. The third kappa shape index (κ3) is 3.87. The summed E-state index contributed by atoms with van der Waals surface area (Å²) in [6.45, 7) is 6.81. The molecule has 1 aliphatic heterocycles. The predicted octanol–water partition coefficient (Wildman–Crippen LogP) is 4.00. The van der Waals surface area contributed by atoms with E-state index in [1.165, 1.54) is 4.90 Å². The Morgan fingerprint density at radius 1 is 1.00 bits per heavy atom. The summed E-state index contributed by atoms with van der Waals surface area (Å²) < 4.78 is 5.52. The zero-order chi connectivity index (χ0) is 19.4. The molecular weight excluding hydrogens is 340 g/mol. The Bertz CT molecular complexity index is 885. The highest BCUT2D eigenvalue weighted by Crippen LogP contribution is 2.31. The van der Waals surface area contributed by atoms with E-state index in [1.807, 2.05) is 69.3 Å². The lowest BCUT2D eigenvalue weighted by Gasteiger charge is -2.14. The molecule has 2 aromatic carbocycles. The van der Waals surface area contributed by atoms with Crippen LogP contribution in [-0.4, -0.2) is 29.9 Å². The van der Waals surface area contributed by atoms with E-state index in [9.17, 15) is 9.59 Å². The van der Waals surface area contributed by atoms with Crippen molar-refractivity contribution < 1.29 is 14.3 Å². The topological polar surface area (TPSA) is 58.6 Å². The number of anilines is 1. The van der Waals surface area contributed by atoms with Crippen LogP contribution in [-0.2, 0) is 9.59 Å². The maximum atomic E-state index is 12.9. The van der Waals surface area contributed by atoms with Crippen LogP contribution in [0.3, 0.4) is 0 Å². The molecule has 1 N–H and O–H groups in total. The molecule has 0 aromatic heterocycles. The van der Waals surface area contributed by atoms with Crippen molar-refractivity contribution in [3.8, 4) is 5.75 Å². The summed E-state index contributed by atoms with van der Waals surface area (Å²) in [4.78, 5) is 27.2. The minimum absolute atomic E-state index is 0.255. The van der Waals surface area contributed by atoms with E-state index in [4.69, 9.17) is 4.74 Å². The van der Waals surface area contributed by atoms with Gasteiger partial charge in [0.05, 0.1) is 12.2 Å². The maximum absolute atomic E-state index is 12.9. The fourth-order valence-corrected chi connectivity index (χ4v) is 3.08. The molecule has 1 aliphatic rings. The van der Waals surface area contributed by atoms with Crippen molar-refractivity contribution in [1.82, 2.24) is 4.90 Å². The molecule has 0 fully saturated rings. The van der Waals surface area contributed by atoms with E-state index >= 15 is 0 Å². The fraction of sp³-hybridized carbons (Fsp3) is 0.273. The standard InChI is InChI=1S/C22H24N2O3/c1-4-13-24-21(25)19(16-11-9-15(3)10-12-16)20(22(24)26)23-17-7-6-8-18(14-17)27-5-2/h6-12,14,23H,4-5,13H2,1-3H3. The average molecular weight is 364 g/mol. The van der Waals surface area contributed by atoms with Crippen LogP contribution in [0.2, 0.25) is 0 Å². The first-order valence-electron chi connectivity index (χ1n) is 9.22. The number of hydrogen-bond acceptors (Lipinski definition) is 4. The number of imide groups is 1. The van der Waals surface area contributed by atoms with Gasteiger partial charge in [-0.2, -0.15) is 0 Å². The molecule has 0 atom stereocenters. The summed E-state index contributed by atoms with van der Waals surface area (Å²) in [6, 6.07) is 15.0. The summed E-state index contributed by atoms with van der Waals surface area (Å²) in [5, 5.41) is 3.16. The van der Waals surface area contributed by atoms with Crippen LogP contribution in [0.5, 0.6) is 5.75 Å². The highest BCUT2D eigenvalue weighted by molar-refractivity contribution is 6.36. The van der Waals surface area contributed by atoms with E-state index in [2.05, 4.69) is 5.32 Å². The van der Waals surface area contributed by atoms with Crippen LogP contribution in [0.15, 0.2) is 54.2 Å². The second-order valence-corrected chi connectivity index (χ2v) is 6.46. The van der Waals surface area contributed by atoms with Crippen molar-refractivity contribution in [1.29, 1.82) is 0 Å². The van der Waals surface area contributed by atoms with Crippen molar-refractivity contribution in [2.45, 2.75) is 27.2 Å². The molecule has 0 saturated carbocycles. The molecule has 1 heterocycles. The minimum atomic E-state index is -0.292. The number of aryl methyl sites for hydroxylation is 1. The fourth-order valence-electron chi connectivity index (χ4n) is 3.08. The third-order valence-electron chi connectivity index (χ3n) is 4.37. The monoisotopic (exact) mass is 364 g/mol. The van der Waals surface area contributed by atoms with Gasteiger partial charge in [-0.3, -0.25) is 14.5 Å². The Morgan fingerprint density at radius 3 is 2.41 bits per heavy atom. The molecule has 0 radical (unpaired) electrons. The van der Waals surface area contributed by atoms with Crippen LogP contribution in [0, 0.1) is 6.92 Å². The summed E-state index contributed by atoms with van der Waals surface area (Å²) in [5.74, 6) is 0.163. The van der Waals surface area contributed by atoms with Gasteiger partial charge in [-0.05, 0) is 38.0 Å². The van der Waals surface area contributed by atoms with E-state index in [-0.39, 0.29) is 11.8 Å². The quantitative estimate of drug-likeness (QED) is 0.755. The number of amides is 2. The lowest BCUT2D eigenvalue weighted by molar-refractivity contribution is -0.136. The minimum Gasteiger partial charge on any atom is -0.494 e. The van der Waals surface area contributed by atoms with Crippen molar-refractivity contribution in [2.75, 3.05) is 18.5 Å². The number of hydrogen-bond donors (Lipinski definition) is 1. The smallest absolute Gasteiger partial charge is 0.278 e. The zero-order valence-electron chi connectivity index (χ0n) is 15.9. The van der Waals surface area contributed by atoms with Gasteiger partial charge in [-0.1, -0.05) is 42.8 Å². The van der Waals surface area contributed by atoms with Gasteiger partial charge in [0.1, 0.15) is 11.4 Å². The van der Waals surface area contributed by atoms with Gasteiger partial charge in [0.2, 0.25) is 0 Å². The van der Waals surface area contributed by atoms with E-state index in [1.54, 1.807) is 0 Å². The summed E-state index contributed by atoms with van der Waals surface area (Å²) in [6.07, 6.45) is 0.714. The first-order valence-corrected chi connectivity index (χ1v) is 9.22. The largest absolute Gasteiger partial charge is 0.494 e. The number of benzene rings is 2. The van der Waals surface area contributed by atoms with Crippen molar-refractivity contribution in [3.63, 3.8) is 0 Å². The molecule has 3 rings (SSSR count). The van der Waals surface area contributed by atoms with Gasteiger partial charge in [0.15, 0.2) is 0 Å². The number of ether oxygens (including phenoxy) is 1. The van der Waals surface area contributed by atoms with Crippen LogP contribution in [0.4, 0.5) is 5.69 Å². The van der Waals surface area contributed by atoms with Crippen LogP contribution in [0.25, 0.3) is 5.57 Å². The number of rotatable bonds is 7. The molecule has 140 valence electrons. The SMILES string of the molecule is CCCN1C(=O)C(Nc2cccc(OCC)c2)=C(c2ccc(C)cc2)C1=O. The van der Waals surface area contributed by atoms with Crippen LogP contribution >= 0.6 is 0 Å². The van der Waals surface area contributed by atoms with E-state index < -0.39 is 0 Å². The van der Waals surface area contributed by atoms with Gasteiger partial charge in [-0.25, -0.2) is 0 Å². The highest BCUT2D eigenvalue weighted by Gasteiger charge is 2.38. The van der Waals surface area contributed by atoms with Gasteiger partial charge < -0.3 is 10.1 Å². The van der Waals surface area contributed by atoms with E-state index in [0.717, 1.165) is 11.1 Å². The molecule has 27 heavy (non-hydrogen) atoms. The Hall–Kier alpha value is -3.08. The normalized spacial score (nSPS) is 14.1. The predicted molar refractivity (Wildman–Crippen MR) is 106 cm³/mol. The number of carbonyl (C=O) groups excluding carboxylic acids is 2. The van der Waals surface area contributed by atoms with Crippen molar-refractivity contribution in [3.05, 3.63) is 65.4 Å². The van der Waals surface area contributed by atoms with Crippen LogP contribution in [0.1, 0.15) is 31.4 Å².